The van der Waals surface area contributed by atoms with Crippen molar-refractivity contribution in [1.82, 2.24) is 15.5 Å². The maximum atomic E-state index is 12.8. The van der Waals surface area contributed by atoms with Gasteiger partial charge in [-0.2, -0.15) is 13.2 Å². The molecule has 1 heterocycles. The Bertz CT molecular complexity index is 555. The summed E-state index contributed by atoms with van der Waals surface area (Å²) in [6.45, 7) is 2.06. The molecule has 8 heteroatoms. The van der Waals surface area contributed by atoms with Gasteiger partial charge in [0.2, 0.25) is 5.91 Å². The fraction of sp³-hybridized carbons (Fsp3) is 0.429. The molecule has 120 valence electrons. The molecule has 0 aliphatic carbocycles. The van der Waals surface area contributed by atoms with Gasteiger partial charge in [-0.3, -0.25) is 9.59 Å². The SMILES string of the molecule is O=C(NCC(=O)N1CCNCC1)c1ccccc1C(F)(F)F. The molecule has 2 rings (SSSR count). The van der Waals surface area contributed by atoms with E-state index in [9.17, 15) is 22.8 Å². The van der Waals surface area contributed by atoms with Gasteiger partial charge < -0.3 is 15.5 Å². The Hall–Kier alpha value is -2.09. The van der Waals surface area contributed by atoms with E-state index in [0.717, 1.165) is 12.1 Å². The van der Waals surface area contributed by atoms with Gasteiger partial charge in [0.25, 0.3) is 5.91 Å². The highest BCUT2D eigenvalue weighted by Gasteiger charge is 2.34. The summed E-state index contributed by atoms with van der Waals surface area (Å²) >= 11 is 0. The number of nitrogens with one attached hydrogen (secondary N) is 2. The first kappa shape index (κ1) is 16.3. The average Bonchev–Trinajstić information content (AvgIpc) is 2.52. The number of piperazine rings is 1. The highest BCUT2D eigenvalue weighted by atomic mass is 19.4. The Morgan fingerprint density at radius 1 is 1.18 bits per heavy atom. The number of carbonyl (C=O) groups excluding carboxylic acids is 2. The minimum absolute atomic E-state index is 0.306. The predicted octanol–water partition coefficient (Wildman–Crippen LogP) is 0.867. The Kier molecular flexibility index (Phi) is 5.02. The largest absolute Gasteiger partial charge is 0.417 e. The van der Waals surface area contributed by atoms with Crippen LogP contribution in [0.2, 0.25) is 0 Å². The summed E-state index contributed by atoms with van der Waals surface area (Å²) in [6, 6.07) is 4.49. The third-order valence-corrected chi connectivity index (χ3v) is 3.35. The lowest BCUT2D eigenvalue weighted by atomic mass is 10.1. The van der Waals surface area contributed by atoms with Gasteiger partial charge >= 0.3 is 6.18 Å². The van der Waals surface area contributed by atoms with Crippen LogP contribution in [0.4, 0.5) is 13.2 Å². The summed E-state index contributed by atoms with van der Waals surface area (Å²) in [5.41, 5.74) is -1.50. The van der Waals surface area contributed by atoms with Crippen LogP contribution in [0, 0.1) is 0 Å². The number of amides is 2. The molecule has 1 aliphatic rings. The van der Waals surface area contributed by atoms with Crippen LogP contribution in [0.3, 0.4) is 0 Å². The fourth-order valence-corrected chi connectivity index (χ4v) is 2.21. The number of nitrogens with zero attached hydrogens (tertiary/aromatic N) is 1. The molecular formula is C14H16F3N3O2. The summed E-state index contributed by atoms with van der Waals surface area (Å²) in [5.74, 6) is -1.21. The van der Waals surface area contributed by atoms with Crippen molar-refractivity contribution in [3.63, 3.8) is 0 Å². The first-order chi connectivity index (χ1) is 10.4. The van der Waals surface area contributed by atoms with Gasteiger partial charge in [-0.25, -0.2) is 0 Å². The molecule has 0 saturated carbocycles. The molecule has 1 aliphatic heterocycles. The Balaban J connectivity index is 1.99. The van der Waals surface area contributed by atoms with Crippen molar-refractivity contribution in [3.05, 3.63) is 35.4 Å². The maximum absolute atomic E-state index is 12.8. The van der Waals surface area contributed by atoms with Crippen LogP contribution in [0.15, 0.2) is 24.3 Å². The lowest BCUT2D eigenvalue weighted by molar-refractivity contribution is -0.137. The van der Waals surface area contributed by atoms with E-state index in [1.807, 2.05) is 0 Å². The van der Waals surface area contributed by atoms with Crippen molar-refractivity contribution >= 4 is 11.8 Å². The van der Waals surface area contributed by atoms with E-state index >= 15 is 0 Å². The van der Waals surface area contributed by atoms with E-state index in [2.05, 4.69) is 10.6 Å². The molecule has 1 fully saturated rings. The van der Waals surface area contributed by atoms with Gasteiger partial charge in [0.15, 0.2) is 0 Å². The van der Waals surface area contributed by atoms with Crippen molar-refractivity contribution in [1.29, 1.82) is 0 Å². The molecule has 0 aromatic heterocycles. The van der Waals surface area contributed by atoms with Crippen LogP contribution >= 0.6 is 0 Å². The maximum Gasteiger partial charge on any atom is 0.417 e. The van der Waals surface area contributed by atoms with Gasteiger partial charge in [0.1, 0.15) is 0 Å². The molecular weight excluding hydrogens is 299 g/mol. The van der Waals surface area contributed by atoms with Crippen molar-refractivity contribution in [2.75, 3.05) is 32.7 Å². The van der Waals surface area contributed by atoms with E-state index in [0.29, 0.717) is 26.2 Å². The molecule has 5 nitrogen and oxygen atoms in total. The zero-order chi connectivity index (χ0) is 16.2. The second-order valence-corrected chi connectivity index (χ2v) is 4.86. The quantitative estimate of drug-likeness (QED) is 0.870. The first-order valence-electron chi connectivity index (χ1n) is 6.82. The van der Waals surface area contributed by atoms with Gasteiger partial charge in [-0.15, -0.1) is 0 Å². The number of rotatable bonds is 3. The molecule has 0 unspecified atom stereocenters. The van der Waals surface area contributed by atoms with E-state index in [4.69, 9.17) is 0 Å². The Morgan fingerprint density at radius 2 is 1.82 bits per heavy atom. The van der Waals surface area contributed by atoms with Crippen LogP contribution in [-0.4, -0.2) is 49.4 Å². The van der Waals surface area contributed by atoms with Crippen molar-refractivity contribution < 1.29 is 22.8 Å². The number of hydrogen-bond acceptors (Lipinski definition) is 3. The van der Waals surface area contributed by atoms with Crippen molar-refractivity contribution in [2.24, 2.45) is 0 Å². The lowest BCUT2D eigenvalue weighted by Gasteiger charge is -2.27. The van der Waals surface area contributed by atoms with Gasteiger partial charge in [0, 0.05) is 26.2 Å². The second-order valence-electron chi connectivity index (χ2n) is 4.86. The Labute approximate surface area is 125 Å². The molecule has 22 heavy (non-hydrogen) atoms. The fourth-order valence-electron chi connectivity index (χ4n) is 2.21. The molecule has 2 amide bonds. The van der Waals surface area contributed by atoms with Crippen molar-refractivity contribution in [3.8, 4) is 0 Å². The molecule has 0 bridgehead atoms. The van der Waals surface area contributed by atoms with E-state index in [1.54, 1.807) is 4.90 Å². The summed E-state index contributed by atoms with van der Waals surface area (Å²) in [5, 5.41) is 5.34. The van der Waals surface area contributed by atoms with Gasteiger partial charge in [-0.1, -0.05) is 12.1 Å². The third kappa shape index (κ3) is 3.97. The minimum Gasteiger partial charge on any atom is -0.343 e. The van der Waals surface area contributed by atoms with Crippen LogP contribution in [0.1, 0.15) is 15.9 Å². The molecule has 0 atom stereocenters. The Morgan fingerprint density at radius 3 is 2.45 bits per heavy atom. The van der Waals surface area contributed by atoms with Gasteiger partial charge in [-0.05, 0) is 12.1 Å². The van der Waals surface area contributed by atoms with E-state index < -0.39 is 23.2 Å². The molecule has 1 aromatic rings. The number of halogens is 3. The second kappa shape index (κ2) is 6.78. The minimum atomic E-state index is -4.61. The monoisotopic (exact) mass is 315 g/mol. The topological polar surface area (TPSA) is 61.4 Å². The third-order valence-electron chi connectivity index (χ3n) is 3.35. The highest BCUT2D eigenvalue weighted by molar-refractivity contribution is 5.97. The zero-order valence-corrected chi connectivity index (χ0v) is 11.7. The average molecular weight is 315 g/mol. The standard InChI is InChI=1S/C14H16F3N3O2/c15-14(16,17)11-4-2-1-3-10(11)13(22)19-9-12(21)20-7-5-18-6-8-20/h1-4,18H,5-9H2,(H,19,22). The summed E-state index contributed by atoms with van der Waals surface area (Å²) < 4.78 is 38.5. The molecule has 0 radical (unpaired) electrons. The molecule has 1 aromatic carbocycles. The first-order valence-corrected chi connectivity index (χ1v) is 6.82. The highest BCUT2D eigenvalue weighted by Crippen LogP contribution is 2.31. The molecule has 2 N–H and O–H groups in total. The van der Waals surface area contributed by atoms with Crippen LogP contribution in [-0.2, 0) is 11.0 Å². The van der Waals surface area contributed by atoms with Gasteiger partial charge in [0.05, 0.1) is 17.7 Å². The van der Waals surface area contributed by atoms with Crippen LogP contribution in [0.5, 0.6) is 0 Å². The van der Waals surface area contributed by atoms with Crippen LogP contribution < -0.4 is 10.6 Å². The normalized spacial score (nSPS) is 15.5. The van der Waals surface area contributed by atoms with E-state index in [-0.39, 0.29) is 12.5 Å². The summed E-state index contributed by atoms with van der Waals surface area (Å²) in [6.07, 6.45) is -4.61. The zero-order valence-electron chi connectivity index (χ0n) is 11.7. The number of benzene rings is 1. The van der Waals surface area contributed by atoms with Crippen LogP contribution in [0.25, 0.3) is 0 Å². The number of carbonyl (C=O) groups is 2. The van der Waals surface area contributed by atoms with Crippen molar-refractivity contribution in [2.45, 2.75) is 6.18 Å². The predicted molar refractivity (Wildman–Crippen MR) is 73.2 cm³/mol. The lowest BCUT2D eigenvalue weighted by Crippen LogP contribution is -2.49. The summed E-state index contributed by atoms with van der Waals surface area (Å²) in [4.78, 5) is 25.3. The number of alkyl halides is 3. The molecule has 0 spiro atoms. The number of hydrogen-bond donors (Lipinski definition) is 2. The summed E-state index contributed by atoms with van der Waals surface area (Å²) in [7, 11) is 0. The smallest absolute Gasteiger partial charge is 0.343 e. The van der Waals surface area contributed by atoms with E-state index in [1.165, 1.54) is 12.1 Å². The molecule has 1 saturated heterocycles.